The van der Waals surface area contributed by atoms with Gasteiger partial charge in [-0.1, -0.05) is 33.6 Å². The summed E-state index contributed by atoms with van der Waals surface area (Å²) in [6.45, 7) is 7.44. The van der Waals surface area contributed by atoms with E-state index < -0.39 is 11.5 Å². The number of carboxylic acids is 1. The molecule has 0 aromatic carbocycles. The van der Waals surface area contributed by atoms with Gasteiger partial charge in [-0.05, 0) is 24.2 Å². The molecule has 0 bridgehead atoms. The summed E-state index contributed by atoms with van der Waals surface area (Å²) in [5, 5.41) is 12.9. The predicted octanol–water partition coefficient (Wildman–Crippen LogP) is 1.59. The summed E-state index contributed by atoms with van der Waals surface area (Å²) in [5.41, 5.74) is 4.72. The Morgan fingerprint density at radius 1 is 1.47 bits per heavy atom. The third kappa shape index (κ3) is 2.99. The first kappa shape index (κ1) is 14.5. The van der Waals surface area contributed by atoms with Crippen LogP contribution in [0.25, 0.3) is 0 Å². The van der Waals surface area contributed by atoms with E-state index in [9.17, 15) is 9.90 Å². The highest BCUT2D eigenvalue weighted by Crippen LogP contribution is 2.44. The van der Waals surface area contributed by atoms with Crippen LogP contribution in [0.2, 0.25) is 0 Å². The van der Waals surface area contributed by atoms with E-state index in [0.29, 0.717) is 19.5 Å². The largest absolute Gasteiger partial charge is 0.480 e. The van der Waals surface area contributed by atoms with Crippen molar-refractivity contribution in [3.63, 3.8) is 0 Å². The molecule has 100 valence electrons. The molecule has 1 fully saturated rings. The second-order valence-electron chi connectivity index (χ2n) is 6.16. The standard InChI is InChI=1S/C13H26N2O2/c1-12(2,3)10-6-4-5-7-13(10,11(16)17)15-9-8-14/h10,15H,4-9,14H2,1-3H3,(H,16,17). The molecule has 1 aliphatic rings. The number of rotatable bonds is 4. The number of carboxylic acid groups (broad SMARTS) is 1. The van der Waals surface area contributed by atoms with Gasteiger partial charge in [0.05, 0.1) is 0 Å². The van der Waals surface area contributed by atoms with E-state index in [2.05, 4.69) is 26.1 Å². The number of nitrogens with two attached hydrogens (primary N) is 1. The number of carbonyl (C=O) groups is 1. The van der Waals surface area contributed by atoms with Crippen LogP contribution in [-0.4, -0.2) is 29.7 Å². The molecular formula is C13H26N2O2. The topological polar surface area (TPSA) is 75.3 Å². The molecule has 4 heteroatoms. The highest BCUT2D eigenvalue weighted by atomic mass is 16.4. The van der Waals surface area contributed by atoms with E-state index in [-0.39, 0.29) is 11.3 Å². The van der Waals surface area contributed by atoms with Crippen LogP contribution in [0.4, 0.5) is 0 Å². The molecule has 4 nitrogen and oxygen atoms in total. The normalized spacial score (nSPS) is 30.2. The lowest BCUT2D eigenvalue weighted by Crippen LogP contribution is -2.62. The number of aliphatic carboxylic acids is 1. The van der Waals surface area contributed by atoms with Gasteiger partial charge in [0.2, 0.25) is 0 Å². The zero-order chi connectivity index (χ0) is 13.1. The van der Waals surface area contributed by atoms with Crippen LogP contribution < -0.4 is 11.1 Å². The Morgan fingerprint density at radius 2 is 2.12 bits per heavy atom. The van der Waals surface area contributed by atoms with Gasteiger partial charge in [0.15, 0.2) is 0 Å². The second-order valence-corrected chi connectivity index (χ2v) is 6.16. The summed E-state index contributed by atoms with van der Waals surface area (Å²) in [6.07, 6.45) is 3.80. The van der Waals surface area contributed by atoms with Crippen LogP contribution in [0.3, 0.4) is 0 Å². The molecule has 1 aliphatic carbocycles. The zero-order valence-electron chi connectivity index (χ0n) is 11.3. The van der Waals surface area contributed by atoms with Crippen molar-refractivity contribution < 1.29 is 9.90 Å². The van der Waals surface area contributed by atoms with Crippen LogP contribution in [0, 0.1) is 11.3 Å². The third-order valence-corrected chi connectivity index (χ3v) is 3.92. The van der Waals surface area contributed by atoms with Crippen LogP contribution in [-0.2, 0) is 4.79 Å². The molecule has 0 aromatic heterocycles. The predicted molar refractivity (Wildman–Crippen MR) is 68.8 cm³/mol. The molecule has 0 radical (unpaired) electrons. The van der Waals surface area contributed by atoms with Crippen molar-refractivity contribution in [3.05, 3.63) is 0 Å². The summed E-state index contributed by atoms with van der Waals surface area (Å²) < 4.78 is 0. The van der Waals surface area contributed by atoms with Crippen LogP contribution >= 0.6 is 0 Å². The Balaban J connectivity index is 3.00. The Bertz CT molecular complexity index is 273. The fraction of sp³-hybridized carbons (Fsp3) is 0.923. The van der Waals surface area contributed by atoms with Gasteiger partial charge >= 0.3 is 5.97 Å². The molecule has 0 heterocycles. The second kappa shape index (κ2) is 5.36. The molecule has 4 N–H and O–H groups in total. The molecule has 0 amide bonds. The van der Waals surface area contributed by atoms with E-state index in [1.54, 1.807) is 0 Å². The van der Waals surface area contributed by atoms with Crippen molar-refractivity contribution in [1.82, 2.24) is 5.32 Å². The Kier molecular flexibility index (Phi) is 4.55. The van der Waals surface area contributed by atoms with Crippen LogP contribution in [0.5, 0.6) is 0 Å². The van der Waals surface area contributed by atoms with Gasteiger partial charge < -0.3 is 16.2 Å². The molecule has 1 saturated carbocycles. The quantitative estimate of drug-likeness (QED) is 0.700. The summed E-state index contributed by atoms with van der Waals surface area (Å²) in [7, 11) is 0. The smallest absolute Gasteiger partial charge is 0.324 e. The lowest BCUT2D eigenvalue weighted by atomic mass is 9.62. The van der Waals surface area contributed by atoms with Gasteiger partial charge in [-0.2, -0.15) is 0 Å². The Morgan fingerprint density at radius 3 is 2.59 bits per heavy atom. The van der Waals surface area contributed by atoms with Gasteiger partial charge in [0.1, 0.15) is 5.54 Å². The van der Waals surface area contributed by atoms with Crippen molar-refractivity contribution in [2.45, 2.75) is 52.0 Å². The van der Waals surface area contributed by atoms with E-state index in [0.717, 1.165) is 19.3 Å². The minimum Gasteiger partial charge on any atom is -0.480 e. The molecule has 0 aliphatic heterocycles. The van der Waals surface area contributed by atoms with Crippen molar-refractivity contribution in [2.75, 3.05) is 13.1 Å². The zero-order valence-corrected chi connectivity index (χ0v) is 11.3. The fourth-order valence-electron chi connectivity index (χ4n) is 3.18. The fourth-order valence-corrected chi connectivity index (χ4v) is 3.18. The van der Waals surface area contributed by atoms with Crippen molar-refractivity contribution in [1.29, 1.82) is 0 Å². The van der Waals surface area contributed by atoms with E-state index >= 15 is 0 Å². The molecule has 0 spiro atoms. The first-order chi connectivity index (χ1) is 7.84. The van der Waals surface area contributed by atoms with E-state index in [4.69, 9.17) is 5.73 Å². The molecule has 1 rings (SSSR count). The number of hydrogen-bond donors (Lipinski definition) is 3. The highest BCUT2D eigenvalue weighted by Gasteiger charge is 2.51. The average molecular weight is 242 g/mol. The first-order valence-electron chi connectivity index (χ1n) is 6.53. The lowest BCUT2D eigenvalue weighted by Gasteiger charge is -2.47. The van der Waals surface area contributed by atoms with Crippen molar-refractivity contribution in [3.8, 4) is 0 Å². The third-order valence-electron chi connectivity index (χ3n) is 3.92. The maximum absolute atomic E-state index is 11.7. The minimum absolute atomic E-state index is 0.000405. The summed E-state index contributed by atoms with van der Waals surface area (Å²) >= 11 is 0. The van der Waals surface area contributed by atoms with Crippen LogP contribution in [0.15, 0.2) is 0 Å². The number of nitrogens with one attached hydrogen (secondary N) is 1. The lowest BCUT2D eigenvalue weighted by molar-refractivity contribution is -0.152. The minimum atomic E-state index is -0.782. The molecule has 0 aromatic rings. The Labute approximate surface area is 104 Å². The monoisotopic (exact) mass is 242 g/mol. The van der Waals surface area contributed by atoms with Gasteiger partial charge in [-0.3, -0.25) is 4.79 Å². The summed E-state index contributed by atoms with van der Waals surface area (Å²) in [6, 6.07) is 0. The SMILES string of the molecule is CC(C)(C)C1CCCCC1(NCCN)C(=O)O. The highest BCUT2D eigenvalue weighted by molar-refractivity contribution is 5.79. The van der Waals surface area contributed by atoms with Crippen molar-refractivity contribution in [2.24, 2.45) is 17.1 Å². The molecule has 0 saturated heterocycles. The molecular weight excluding hydrogens is 216 g/mol. The van der Waals surface area contributed by atoms with E-state index in [1.165, 1.54) is 0 Å². The van der Waals surface area contributed by atoms with Gasteiger partial charge in [0.25, 0.3) is 0 Å². The first-order valence-corrected chi connectivity index (χ1v) is 6.53. The average Bonchev–Trinajstić information content (AvgIpc) is 2.25. The molecule has 17 heavy (non-hydrogen) atoms. The van der Waals surface area contributed by atoms with Crippen molar-refractivity contribution >= 4 is 5.97 Å². The maximum Gasteiger partial charge on any atom is 0.324 e. The van der Waals surface area contributed by atoms with Gasteiger partial charge in [-0.15, -0.1) is 0 Å². The van der Waals surface area contributed by atoms with E-state index in [1.807, 2.05) is 0 Å². The summed E-state index contributed by atoms with van der Waals surface area (Å²) in [5.74, 6) is -0.557. The molecule has 2 atom stereocenters. The maximum atomic E-state index is 11.7. The molecule has 2 unspecified atom stereocenters. The Hall–Kier alpha value is -0.610. The van der Waals surface area contributed by atoms with Gasteiger partial charge in [0, 0.05) is 13.1 Å². The number of hydrogen-bond acceptors (Lipinski definition) is 3. The summed E-state index contributed by atoms with van der Waals surface area (Å²) in [4.78, 5) is 11.7. The van der Waals surface area contributed by atoms with Crippen LogP contribution in [0.1, 0.15) is 46.5 Å². The van der Waals surface area contributed by atoms with Gasteiger partial charge in [-0.25, -0.2) is 0 Å².